The summed E-state index contributed by atoms with van der Waals surface area (Å²) in [5, 5.41) is 10.9. The zero-order valence-electron chi connectivity index (χ0n) is 23.2. The van der Waals surface area contributed by atoms with Crippen LogP contribution in [0.3, 0.4) is 0 Å². The molecule has 1 N–H and O–H groups in total. The molecule has 3 nitrogen and oxygen atoms in total. The highest BCUT2D eigenvalue weighted by Gasteiger charge is 2.68. The van der Waals surface area contributed by atoms with Gasteiger partial charge in [-0.25, -0.2) is 0 Å². The average Bonchev–Trinajstić information content (AvgIpc) is 2.77. The van der Waals surface area contributed by atoms with Gasteiger partial charge in [-0.1, -0.05) is 53.2 Å². The van der Waals surface area contributed by atoms with Crippen molar-refractivity contribution >= 4 is 5.97 Å². The lowest BCUT2D eigenvalue weighted by molar-refractivity contribution is -0.203. The first-order chi connectivity index (χ1) is 15.7. The number of carbonyl (C=O) groups is 1. The fourth-order valence-electron chi connectivity index (χ4n) is 10.8. The van der Waals surface area contributed by atoms with Crippen molar-refractivity contribution in [1.29, 1.82) is 0 Å². The van der Waals surface area contributed by atoms with Crippen LogP contribution in [0.25, 0.3) is 0 Å². The maximum atomic E-state index is 12.8. The highest BCUT2D eigenvalue weighted by Crippen LogP contribution is 2.75. The average molecular weight is 471 g/mol. The maximum Gasteiger partial charge on any atom is 0.311 e. The topological polar surface area (TPSA) is 46.5 Å². The molecule has 0 aromatic rings. The Labute approximate surface area is 208 Å². The molecule has 0 spiro atoms. The number of esters is 1. The summed E-state index contributed by atoms with van der Waals surface area (Å²) in [5.41, 5.74) is 2.39. The third kappa shape index (κ3) is 2.94. The van der Waals surface area contributed by atoms with Crippen molar-refractivity contribution in [2.45, 2.75) is 119 Å². The van der Waals surface area contributed by atoms with Crippen LogP contribution in [0.4, 0.5) is 0 Å². The number of rotatable bonds is 1. The predicted octanol–water partition coefficient (Wildman–Crippen LogP) is 7.32. The lowest BCUT2D eigenvalue weighted by Crippen LogP contribution is -2.64. The Bertz CT molecular complexity index is 904. The van der Waals surface area contributed by atoms with E-state index in [4.69, 9.17) is 4.74 Å². The first-order valence-electron chi connectivity index (χ1n) is 14.2. The highest BCUT2D eigenvalue weighted by molar-refractivity contribution is 5.76. The zero-order valence-corrected chi connectivity index (χ0v) is 23.2. The molecule has 0 aliphatic heterocycles. The summed E-state index contributed by atoms with van der Waals surface area (Å²) < 4.78 is 5.29. The lowest BCUT2D eigenvalue weighted by atomic mass is 9.33. The fourth-order valence-corrected chi connectivity index (χ4v) is 10.8. The van der Waals surface area contributed by atoms with E-state index in [-0.39, 0.29) is 39.1 Å². The third-order valence-electron chi connectivity index (χ3n) is 13.5. The molecule has 3 heteroatoms. The van der Waals surface area contributed by atoms with Gasteiger partial charge in [0.15, 0.2) is 0 Å². The van der Waals surface area contributed by atoms with E-state index in [0.29, 0.717) is 23.2 Å². The molecule has 192 valence electrons. The van der Waals surface area contributed by atoms with Gasteiger partial charge in [0.2, 0.25) is 0 Å². The normalized spacial score (nSPS) is 54.0. The van der Waals surface area contributed by atoms with Crippen LogP contribution >= 0.6 is 0 Å². The van der Waals surface area contributed by atoms with Crippen molar-refractivity contribution in [2.75, 3.05) is 7.11 Å². The van der Waals surface area contributed by atoms with E-state index in [2.05, 4.69) is 54.5 Å². The second-order valence-electron chi connectivity index (χ2n) is 15.1. The van der Waals surface area contributed by atoms with Gasteiger partial charge in [-0.15, -0.1) is 0 Å². The number of methoxy groups -OCH3 is 1. The van der Waals surface area contributed by atoms with Gasteiger partial charge in [-0.3, -0.25) is 4.79 Å². The monoisotopic (exact) mass is 470 g/mol. The molecule has 5 aliphatic rings. The van der Waals surface area contributed by atoms with Crippen LogP contribution in [0.2, 0.25) is 0 Å². The first kappa shape index (κ1) is 24.8. The van der Waals surface area contributed by atoms with Crippen molar-refractivity contribution in [3.05, 3.63) is 11.6 Å². The number of aliphatic hydroxyl groups excluding tert-OH is 1. The Hall–Kier alpha value is -0.830. The summed E-state index contributed by atoms with van der Waals surface area (Å²) in [7, 11) is 1.56. The molecule has 0 heterocycles. The molecule has 0 saturated heterocycles. The number of hydrogen-bond donors (Lipinski definition) is 1. The first-order valence-corrected chi connectivity index (χ1v) is 14.2. The van der Waals surface area contributed by atoms with Crippen molar-refractivity contribution in [3.63, 3.8) is 0 Å². The van der Waals surface area contributed by atoms with E-state index in [9.17, 15) is 9.90 Å². The number of allylic oxidation sites excluding steroid dienone is 2. The predicted molar refractivity (Wildman–Crippen MR) is 137 cm³/mol. The summed E-state index contributed by atoms with van der Waals surface area (Å²) in [6, 6.07) is 0. The summed E-state index contributed by atoms with van der Waals surface area (Å²) in [4.78, 5) is 12.8. The van der Waals surface area contributed by atoms with E-state index in [1.165, 1.54) is 32.1 Å². The van der Waals surface area contributed by atoms with Crippen LogP contribution in [-0.2, 0) is 9.53 Å². The quantitative estimate of drug-likeness (QED) is 0.322. The number of aliphatic hydroxyl groups is 1. The van der Waals surface area contributed by atoms with Gasteiger partial charge in [0.1, 0.15) is 0 Å². The van der Waals surface area contributed by atoms with Gasteiger partial charge in [-0.05, 0) is 116 Å². The van der Waals surface area contributed by atoms with Crippen molar-refractivity contribution < 1.29 is 14.6 Å². The standard InChI is InChI=1S/C31H50O3/c1-26(2)22-11-14-31(7)23(29(22,5)13-12-24(26)32)10-9-20-21-19-28(4,25(33)34-8)16-15-27(21,3)17-18-30(20,31)6/h9,21-24,32H,10-19H2,1-8H3/t21-,22?,23?,24-,27+,28-,29-,30+,31+/m0/s1. The minimum atomic E-state index is -0.358. The number of hydrogen-bond acceptors (Lipinski definition) is 3. The lowest BCUT2D eigenvalue weighted by Gasteiger charge is -2.71. The van der Waals surface area contributed by atoms with Gasteiger partial charge in [-0.2, -0.15) is 0 Å². The van der Waals surface area contributed by atoms with Gasteiger partial charge >= 0.3 is 5.97 Å². The van der Waals surface area contributed by atoms with Crippen LogP contribution < -0.4 is 0 Å². The Balaban J connectivity index is 1.56. The highest BCUT2D eigenvalue weighted by atomic mass is 16.5. The second kappa shape index (κ2) is 7.36. The van der Waals surface area contributed by atoms with Crippen LogP contribution in [0.5, 0.6) is 0 Å². The summed E-state index contributed by atoms with van der Waals surface area (Å²) in [6.45, 7) is 17.1. The van der Waals surface area contributed by atoms with Crippen molar-refractivity contribution in [3.8, 4) is 0 Å². The van der Waals surface area contributed by atoms with Gasteiger partial charge < -0.3 is 9.84 Å². The van der Waals surface area contributed by atoms with E-state index >= 15 is 0 Å². The molecule has 5 rings (SSSR count). The summed E-state index contributed by atoms with van der Waals surface area (Å²) in [5.74, 6) is 1.72. The molecule has 0 radical (unpaired) electrons. The zero-order chi connectivity index (χ0) is 24.9. The molecule has 4 fully saturated rings. The minimum absolute atomic E-state index is 0.00391. The molecule has 0 bridgehead atoms. The van der Waals surface area contributed by atoms with E-state index in [1.807, 2.05) is 0 Å². The molecule has 2 unspecified atom stereocenters. The third-order valence-corrected chi connectivity index (χ3v) is 13.5. The van der Waals surface area contributed by atoms with Crippen molar-refractivity contribution in [2.24, 2.45) is 50.2 Å². The van der Waals surface area contributed by atoms with Gasteiger partial charge in [0.05, 0.1) is 18.6 Å². The molecule has 34 heavy (non-hydrogen) atoms. The Morgan fingerprint density at radius 2 is 1.59 bits per heavy atom. The molecule has 0 amide bonds. The molecular weight excluding hydrogens is 420 g/mol. The number of carbonyl (C=O) groups excluding carboxylic acids is 1. The molecular formula is C31H50O3. The second-order valence-corrected chi connectivity index (χ2v) is 15.1. The van der Waals surface area contributed by atoms with Gasteiger partial charge in [0.25, 0.3) is 0 Å². The van der Waals surface area contributed by atoms with E-state index < -0.39 is 0 Å². The SMILES string of the molecule is COC(=O)[C@@]1(C)CC[C@]2(C)CC[C@]3(C)C(=CCC4[C@@]5(C)CC[C@H](O)C(C)(C)C5CC[C@]43C)[C@@H]2C1. The molecule has 5 aliphatic carbocycles. The molecule has 0 aromatic heterocycles. The minimum Gasteiger partial charge on any atom is -0.469 e. The smallest absolute Gasteiger partial charge is 0.311 e. The van der Waals surface area contributed by atoms with Crippen molar-refractivity contribution in [1.82, 2.24) is 0 Å². The van der Waals surface area contributed by atoms with Crippen LogP contribution in [0, 0.1) is 50.2 Å². The van der Waals surface area contributed by atoms with Crippen LogP contribution in [0.1, 0.15) is 113 Å². The Morgan fingerprint density at radius 3 is 2.26 bits per heavy atom. The van der Waals surface area contributed by atoms with E-state index in [0.717, 1.165) is 32.1 Å². The number of ether oxygens (including phenoxy) is 1. The van der Waals surface area contributed by atoms with Crippen LogP contribution in [0.15, 0.2) is 11.6 Å². The molecule has 0 aromatic carbocycles. The Kier molecular flexibility index (Phi) is 5.38. The number of fused-ring (bicyclic) bond motifs is 7. The van der Waals surface area contributed by atoms with Gasteiger partial charge in [0, 0.05) is 0 Å². The Morgan fingerprint density at radius 1 is 0.912 bits per heavy atom. The van der Waals surface area contributed by atoms with Crippen LogP contribution in [-0.4, -0.2) is 24.3 Å². The van der Waals surface area contributed by atoms with E-state index in [1.54, 1.807) is 12.7 Å². The summed E-state index contributed by atoms with van der Waals surface area (Å²) >= 11 is 0. The largest absolute Gasteiger partial charge is 0.469 e. The fraction of sp³-hybridized carbons (Fsp3) is 0.903. The molecule has 9 atom stereocenters. The summed E-state index contributed by atoms with van der Waals surface area (Å²) in [6.07, 6.45) is 13.8. The molecule has 4 saturated carbocycles. The maximum absolute atomic E-state index is 12.8.